The van der Waals surface area contributed by atoms with Crippen LogP contribution in [0.3, 0.4) is 0 Å². The molecule has 0 spiro atoms. The van der Waals surface area contributed by atoms with Crippen LogP contribution in [0.2, 0.25) is 0 Å². The second kappa shape index (κ2) is 12.9. The number of amides is 1. The number of anilines is 1. The van der Waals surface area contributed by atoms with Crippen molar-refractivity contribution in [2.24, 2.45) is 5.92 Å². The lowest BCUT2D eigenvalue weighted by Gasteiger charge is -2.21. The summed E-state index contributed by atoms with van der Waals surface area (Å²) in [7, 11) is 1.34. The minimum atomic E-state index is -0.480. The highest BCUT2D eigenvalue weighted by Gasteiger charge is 2.23. The van der Waals surface area contributed by atoms with Gasteiger partial charge < -0.3 is 14.6 Å². The van der Waals surface area contributed by atoms with Crippen molar-refractivity contribution in [3.05, 3.63) is 59.8 Å². The number of methoxy groups -OCH3 is 1. The van der Waals surface area contributed by atoms with Crippen molar-refractivity contribution in [1.82, 2.24) is 14.8 Å². The van der Waals surface area contributed by atoms with Crippen LogP contribution in [0.4, 0.5) is 5.00 Å². The lowest BCUT2D eigenvalue weighted by atomic mass is 9.86. The Labute approximate surface area is 220 Å². The lowest BCUT2D eigenvalue weighted by Crippen LogP contribution is -2.16. The van der Waals surface area contributed by atoms with E-state index in [1.807, 2.05) is 46.4 Å². The molecule has 0 saturated heterocycles. The van der Waals surface area contributed by atoms with Crippen molar-refractivity contribution < 1.29 is 14.3 Å². The van der Waals surface area contributed by atoms with Crippen LogP contribution in [0.1, 0.15) is 54.7 Å². The molecule has 0 bridgehead atoms. The first-order chi connectivity index (χ1) is 17.6. The maximum Gasteiger partial charge on any atom is 0.341 e. The third kappa shape index (κ3) is 6.44. The molecule has 1 aliphatic carbocycles. The van der Waals surface area contributed by atoms with Gasteiger partial charge >= 0.3 is 5.97 Å². The van der Waals surface area contributed by atoms with Crippen molar-refractivity contribution in [3.8, 4) is 11.1 Å². The Morgan fingerprint density at radius 3 is 2.72 bits per heavy atom. The quantitative estimate of drug-likeness (QED) is 0.182. The number of rotatable bonds is 11. The number of nitrogens with zero attached hydrogens (tertiary/aromatic N) is 3. The monoisotopic (exact) mass is 524 g/mol. The molecule has 1 aromatic carbocycles. The number of aryl methyl sites for hydroxylation is 1. The average Bonchev–Trinajstić information content (AvgIpc) is 3.51. The number of thiophene rings is 1. The molecule has 0 aliphatic heterocycles. The number of hydrogen-bond acceptors (Lipinski definition) is 7. The average molecular weight is 525 g/mol. The fourth-order valence-corrected chi connectivity index (χ4v) is 6.35. The van der Waals surface area contributed by atoms with Gasteiger partial charge in [-0.1, -0.05) is 80.3 Å². The number of allylic oxidation sites excluding steroid dienone is 1. The molecule has 4 rings (SSSR count). The number of ether oxygens (including phenoxy) is 1. The van der Waals surface area contributed by atoms with Crippen LogP contribution in [-0.4, -0.2) is 39.5 Å². The van der Waals surface area contributed by atoms with Gasteiger partial charge in [-0.05, 0) is 17.9 Å². The predicted molar refractivity (Wildman–Crippen MR) is 146 cm³/mol. The summed E-state index contributed by atoms with van der Waals surface area (Å²) in [5.74, 6) is 1.17. The number of carbonyl (C=O) groups is 2. The van der Waals surface area contributed by atoms with E-state index in [-0.39, 0.29) is 11.7 Å². The summed E-state index contributed by atoms with van der Waals surface area (Å²) >= 11 is 2.65. The molecule has 36 heavy (non-hydrogen) atoms. The number of aromatic nitrogens is 3. The number of nitrogens with one attached hydrogen (secondary N) is 1. The van der Waals surface area contributed by atoms with Gasteiger partial charge in [0, 0.05) is 23.9 Å². The van der Waals surface area contributed by atoms with Gasteiger partial charge in [-0.25, -0.2) is 4.79 Å². The van der Waals surface area contributed by atoms with Gasteiger partial charge in [0.05, 0.1) is 12.9 Å². The zero-order valence-electron chi connectivity index (χ0n) is 20.6. The van der Waals surface area contributed by atoms with Crippen LogP contribution >= 0.6 is 23.1 Å². The molecule has 2 heterocycles. The van der Waals surface area contributed by atoms with Crippen molar-refractivity contribution in [2.45, 2.75) is 56.6 Å². The lowest BCUT2D eigenvalue weighted by molar-refractivity contribution is -0.113. The van der Waals surface area contributed by atoms with E-state index >= 15 is 0 Å². The Morgan fingerprint density at radius 2 is 2.00 bits per heavy atom. The van der Waals surface area contributed by atoms with E-state index in [0.717, 1.165) is 35.7 Å². The van der Waals surface area contributed by atoms with Gasteiger partial charge in [0.2, 0.25) is 5.91 Å². The predicted octanol–water partition coefficient (Wildman–Crippen LogP) is 6.22. The normalized spacial score (nSPS) is 13.9. The van der Waals surface area contributed by atoms with E-state index < -0.39 is 5.97 Å². The maximum atomic E-state index is 12.8. The fourth-order valence-electron chi connectivity index (χ4n) is 4.61. The second-order valence-electron chi connectivity index (χ2n) is 8.89. The van der Waals surface area contributed by atoms with Crippen LogP contribution in [-0.2, 0) is 22.5 Å². The van der Waals surface area contributed by atoms with Gasteiger partial charge in [0.15, 0.2) is 5.16 Å². The van der Waals surface area contributed by atoms with Gasteiger partial charge in [0.1, 0.15) is 16.4 Å². The van der Waals surface area contributed by atoms with E-state index in [1.54, 1.807) is 0 Å². The van der Waals surface area contributed by atoms with E-state index in [1.165, 1.54) is 62.3 Å². The van der Waals surface area contributed by atoms with Crippen molar-refractivity contribution in [1.29, 1.82) is 0 Å². The molecular formula is C27H32N4O3S2. The summed E-state index contributed by atoms with van der Waals surface area (Å²) in [5.41, 5.74) is 2.00. The number of benzene rings is 1. The minimum Gasteiger partial charge on any atom is -0.465 e. The molecule has 190 valence electrons. The minimum absolute atomic E-state index is 0.150. The molecule has 1 aliphatic rings. The van der Waals surface area contributed by atoms with Crippen LogP contribution in [0.5, 0.6) is 0 Å². The number of carbonyl (C=O) groups excluding carboxylic acids is 2. The highest BCUT2D eigenvalue weighted by Crippen LogP contribution is 2.36. The second-order valence-corrected chi connectivity index (χ2v) is 10.7. The van der Waals surface area contributed by atoms with Crippen LogP contribution in [0.25, 0.3) is 11.1 Å². The summed E-state index contributed by atoms with van der Waals surface area (Å²) in [6.07, 6.45) is 10.5. The molecule has 1 N–H and O–H groups in total. The zero-order chi connectivity index (χ0) is 25.3. The Balaban J connectivity index is 1.41. The van der Waals surface area contributed by atoms with Crippen molar-refractivity contribution in [2.75, 3.05) is 18.2 Å². The first-order valence-corrected chi connectivity index (χ1v) is 14.2. The maximum absolute atomic E-state index is 12.8. The third-order valence-electron chi connectivity index (χ3n) is 6.46. The van der Waals surface area contributed by atoms with E-state index in [9.17, 15) is 9.59 Å². The third-order valence-corrected chi connectivity index (χ3v) is 8.32. The Kier molecular flexibility index (Phi) is 9.35. The molecule has 0 atom stereocenters. The summed E-state index contributed by atoms with van der Waals surface area (Å²) < 4.78 is 7.05. The number of esters is 1. The Bertz CT molecular complexity index is 1180. The van der Waals surface area contributed by atoms with Gasteiger partial charge in [-0.3, -0.25) is 4.79 Å². The highest BCUT2D eigenvalue weighted by atomic mass is 32.2. The van der Waals surface area contributed by atoms with Crippen LogP contribution in [0.15, 0.2) is 53.5 Å². The summed E-state index contributed by atoms with van der Waals surface area (Å²) in [4.78, 5) is 25.4. The standard InChI is InChI=1S/C27H32N4O3S2/c1-3-16-31-22(15-14-19-10-6-4-7-11-19)29-30-27(31)36-18-23(32)28-25-24(26(33)34-2)21(17-35-25)20-12-8-5-9-13-20/h3,5,8-9,12-13,17,19H,1,4,6-7,10-11,14-16,18H2,2H3,(H,28,32). The topological polar surface area (TPSA) is 86.1 Å². The molecule has 1 fully saturated rings. The molecule has 0 radical (unpaired) electrons. The molecule has 3 aromatic rings. The van der Waals surface area contributed by atoms with Crippen LogP contribution < -0.4 is 5.32 Å². The summed E-state index contributed by atoms with van der Waals surface area (Å²) in [6, 6.07) is 9.58. The largest absolute Gasteiger partial charge is 0.465 e. The van der Waals surface area contributed by atoms with E-state index in [4.69, 9.17) is 4.74 Å². The zero-order valence-corrected chi connectivity index (χ0v) is 22.2. The first kappa shape index (κ1) is 26.2. The first-order valence-electron chi connectivity index (χ1n) is 12.3. The molecule has 1 saturated carbocycles. The van der Waals surface area contributed by atoms with E-state index in [0.29, 0.717) is 22.3 Å². The van der Waals surface area contributed by atoms with Gasteiger partial charge in [-0.2, -0.15) is 0 Å². The molecule has 1 amide bonds. The molecule has 0 unspecified atom stereocenters. The molecular weight excluding hydrogens is 492 g/mol. The van der Waals surface area contributed by atoms with Gasteiger partial charge in [0.25, 0.3) is 0 Å². The molecule has 7 nitrogen and oxygen atoms in total. The smallest absolute Gasteiger partial charge is 0.341 e. The fraction of sp³-hybridized carbons (Fsp3) is 0.407. The highest BCUT2D eigenvalue weighted by molar-refractivity contribution is 7.99. The van der Waals surface area contributed by atoms with Gasteiger partial charge in [-0.15, -0.1) is 28.1 Å². The number of thioether (sulfide) groups is 1. The van der Waals surface area contributed by atoms with Crippen molar-refractivity contribution in [3.63, 3.8) is 0 Å². The van der Waals surface area contributed by atoms with Crippen LogP contribution in [0, 0.1) is 5.92 Å². The Hall–Kier alpha value is -2.91. The molecule has 2 aromatic heterocycles. The number of hydrogen-bond donors (Lipinski definition) is 1. The summed E-state index contributed by atoms with van der Waals surface area (Å²) in [5, 5.41) is 14.7. The van der Waals surface area contributed by atoms with Crippen molar-refractivity contribution >= 4 is 40.0 Å². The SMILES string of the molecule is C=CCn1c(CCC2CCCCC2)nnc1SCC(=O)Nc1scc(-c2ccccc2)c1C(=O)OC. The molecule has 9 heteroatoms. The van der Waals surface area contributed by atoms with E-state index in [2.05, 4.69) is 22.1 Å². The summed E-state index contributed by atoms with van der Waals surface area (Å²) in [6.45, 7) is 4.48. The Morgan fingerprint density at radius 1 is 1.22 bits per heavy atom.